The lowest BCUT2D eigenvalue weighted by Crippen LogP contribution is -2.46. The highest BCUT2D eigenvalue weighted by Crippen LogP contribution is 2.16. The average molecular weight is 341 g/mol. The molecule has 0 bridgehead atoms. The maximum Gasteiger partial charge on any atom is 0.0438 e. The van der Waals surface area contributed by atoms with Crippen LogP contribution in [-0.4, -0.2) is 49.1 Å². The van der Waals surface area contributed by atoms with Gasteiger partial charge in [-0.25, -0.2) is 0 Å². The predicted molar refractivity (Wildman–Crippen MR) is 104 cm³/mol. The second-order valence-corrected chi connectivity index (χ2v) is 6.70. The van der Waals surface area contributed by atoms with E-state index >= 15 is 0 Å². The fourth-order valence-electron chi connectivity index (χ4n) is 3.08. The first-order valence-electron chi connectivity index (χ1n) is 8.71. The molecule has 0 amide bonds. The maximum absolute atomic E-state index is 6.24. The Labute approximate surface area is 150 Å². The molecule has 0 aliphatic carbocycles. The largest absolute Gasteiger partial charge is 0.300 e. The molecule has 3 rings (SSSR count). The highest BCUT2D eigenvalue weighted by atomic mass is 35.5. The van der Waals surface area contributed by atoms with Gasteiger partial charge in [-0.05, 0) is 23.6 Å². The van der Waals surface area contributed by atoms with Gasteiger partial charge in [0.2, 0.25) is 0 Å². The van der Waals surface area contributed by atoms with Crippen molar-refractivity contribution in [3.05, 3.63) is 76.8 Å². The molecule has 126 valence electrons. The highest BCUT2D eigenvalue weighted by molar-refractivity contribution is 6.31. The smallest absolute Gasteiger partial charge is 0.0438 e. The molecule has 24 heavy (non-hydrogen) atoms. The summed E-state index contributed by atoms with van der Waals surface area (Å²) in [4.78, 5) is 5.06. The van der Waals surface area contributed by atoms with Crippen molar-refractivity contribution < 1.29 is 0 Å². The third kappa shape index (κ3) is 5.20. The summed E-state index contributed by atoms with van der Waals surface area (Å²) in [6.07, 6.45) is 5.52. The average Bonchev–Trinajstić information content (AvgIpc) is 2.63. The van der Waals surface area contributed by atoms with Gasteiger partial charge in [-0.1, -0.05) is 72.3 Å². The third-order valence-corrected chi connectivity index (χ3v) is 4.96. The zero-order chi connectivity index (χ0) is 16.6. The summed E-state index contributed by atoms with van der Waals surface area (Å²) in [7, 11) is 0. The fourth-order valence-corrected chi connectivity index (χ4v) is 3.31. The molecule has 1 fully saturated rings. The lowest BCUT2D eigenvalue weighted by atomic mass is 10.1. The normalized spacial score (nSPS) is 16.7. The Morgan fingerprint density at radius 1 is 0.833 bits per heavy atom. The van der Waals surface area contributed by atoms with E-state index < -0.39 is 0 Å². The summed E-state index contributed by atoms with van der Waals surface area (Å²) in [5.41, 5.74) is 2.53. The van der Waals surface area contributed by atoms with Gasteiger partial charge in [-0.2, -0.15) is 0 Å². The van der Waals surface area contributed by atoms with Crippen LogP contribution in [0.4, 0.5) is 0 Å². The molecule has 2 nitrogen and oxygen atoms in total. The van der Waals surface area contributed by atoms with Gasteiger partial charge in [-0.15, -0.1) is 0 Å². The van der Waals surface area contributed by atoms with Gasteiger partial charge in [0, 0.05) is 44.3 Å². The Kier molecular flexibility index (Phi) is 6.48. The molecule has 1 aliphatic heterocycles. The molecular formula is C21H25ClN2. The van der Waals surface area contributed by atoms with Crippen LogP contribution in [0.25, 0.3) is 6.08 Å². The van der Waals surface area contributed by atoms with E-state index in [2.05, 4.69) is 64.4 Å². The number of piperazine rings is 1. The Balaban J connectivity index is 1.38. The van der Waals surface area contributed by atoms with E-state index in [1.807, 2.05) is 12.1 Å². The lowest BCUT2D eigenvalue weighted by Gasteiger charge is -2.34. The first kappa shape index (κ1) is 17.2. The van der Waals surface area contributed by atoms with Gasteiger partial charge in [0.1, 0.15) is 0 Å². The van der Waals surface area contributed by atoms with Crippen molar-refractivity contribution in [3.63, 3.8) is 0 Å². The molecular weight excluding hydrogens is 316 g/mol. The van der Waals surface area contributed by atoms with Gasteiger partial charge < -0.3 is 4.90 Å². The van der Waals surface area contributed by atoms with Crippen molar-refractivity contribution in [1.82, 2.24) is 9.80 Å². The van der Waals surface area contributed by atoms with Gasteiger partial charge >= 0.3 is 0 Å². The summed E-state index contributed by atoms with van der Waals surface area (Å²) >= 11 is 6.24. The standard InChI is InChI=1S/C21H25ClN2/c22-21-11-5-4-10-20(21)12-14-24-17-15-23(16-18-24)13-6-9-19-7-2-1-3-8-19/h1-11H,12-18H2. The molecule has 0 saturated carbocycles. The van der Waals surface area contributed by atoms with Crippen LogP contribution in [0.5, 0.6) is 0 Å². The molecule has 0 aromatic heterocycles. The predicted octanol–water partition coefficient (Wildman–Crippen LogP) is 4.21. The van der Waals surface area contributed by atoms with Gasteiger partial charge in [-0.3, -0.25) is 4.90 Å². The number of benzene rings is 2. The van der Waals surface area contributed by atoms with Gasteiger partial charge in [0.15, 0.2) is 0 Å². The summed E-state index contributed by atoms with van der Waals surface area (Å²) < 4.78 is 0. The third-order valence-electron chi connectivity index (χ3n) is 4.59. The zero-order valence-corrected chi connectivity index (χ0v) is 14.8. The minimum atomic E-state index is 0.891. The van der Waals surface area contributed by atoms with Gasteiger partial charge in [0.05, 0.1) is 0 Å². The van der Waals surface area contributed by atoms with Crippen LogP contribution in [0.15, 0.2) is 60.7 Å². The molecule has 1 heterocycles. The number of hydrogen-bond acceptors (Lipinski definition) is 2. The first-order chi connectivity index (χ1) is 11.8. The lowest BCUT2D eigenvalue weighted by molar-refractivity contribution is 0.144. The monoisotopic (exact) mass is 340 g/mol. The molecule has 0 spiro atoms. The Bertz CT molecular complexity index is 646. The summed E-state index contributed by atoms with van der Waals surface area (Å²) in [6, 6.07) is 18.7. The Morgan fingerprint density at radius 2 is 1.50 bits per heavy atom. The van der Waals surface area contributed by atoms with Crippen molar-refractivity contribution in [3.8, 4) is 0 Å². The number of hydrogen-bond donors (Lipinski definition) is 0. The van der Waals surface area contributed by atoms with Crippen molar-refractivity contribution in [2.75, 3.05) is 39.3 Å². The van der Waals surface area contributed by atoms with Crippen LogP contribution in [0.3, 0.4) is 0 Å². The van der Waals surface area contributed by atoms with Gasteiger partial charge in [0.25, 0.3) is 0 Å². The molecule has 0 unspecified atom stereocenters. The van der Waals surface area contributed by atoms with E-state index in [-0.39, 0.29) is 0 Å². The van der Waals surface area contributed by atoms with Crippen LogP contribution in [0, 0.1) is 0 Å². The van der Waals surface area contributed by atoms with Crippen LogP contribution in [-0.2, 0) is 6.42 Å². The fraction of sp³-hybridized carbons (Fsp3) is 0.333. The highest BCUT2D eigenvalue weighted by Gasteiger charge is 2.15. The van der Waals surface area contributed by atoms with E-state index in [0.29, 0.717) is 0 Å². The van der Waals surface area contributed by atoms with E-state index in [4.69, 9.17) is 11.6 Å². The van der Waals surface area contributed by atoms with Crippen LogP contribution in [0.1, 0.15) is 11.1 Å². The molecule has 2 aromatic rings. The minimum Gasteiger partial charge on any atom is -0.300 e. The maximum atomic E-state index is 6.24. The molecule has 3 heteroatoms. The molecule has 0 N–H and O–H groups in total. The van der Waals surface area contributed by atoms with Crippen LogP contribution in [0.2, 0.25) is 5.02 Å². The quantitative estimate of drug-likeness (QED) is 0.777. The number of nitrogens with zero attached hydrogens (tertiary/aromatic N) is 2. The number of halogens is 1. The molecule has 1 saturated heterocycles. The van der Waals surface area contributed by atoms with E-state index in [1.54, 1.807) is 0 Å². The topological polar surface area (TPSA) is 6.48 Å². The van der Waals surface area contributed by atoms with Crippen molar-refractivity contribution in [2.24, 2.45) is 0 Å². The molecule has 2 aromatic carbocycles. The number of rotatable bonds is 6. The van der Waals surface area contributed by atoms with Crippen molar-refractivity contribution >= 4 is 17.7 Å². The minimum absolute atomic E-state index is 0.891. The zero-order valence-electron chi connectivity index (χ0n) is 14.1. The molecule has 0 atom stereocenters. The summed E-state index contributed by atoms with van der Waals surface area (Å²) in [5, 5.41) is 0.891. The SMILES string of the molecule is Clc1ccccc1CCN1CCN(CC=Cc2ccccc2)CC1. The Hall–Kier alpha value is -1.61. The van der Waals surface area contributed by atoms with Crippen LogP contribution >= 0.6 is 11.6 Å². The van der Waals surface area contributed by atoms with E-state index in [0.717, 1.165) is 50.7 Å². The van der Waals surface area contributed by atoms with E-state index in [1.165, 1.54) is 11.1 Å². The Morgan fingerprint density at radius 3 is 2.25 bits per heavy atom. The van der Waals surface area contributed by atoms with Crippen molar-refractivity contribution in [1.29, 1.82) is 0 Å². The van der Waals surface area contributed by atoms with Crippen molar-refractivity contribution in [2.45, 2.75) is 6.42 Å². The summed E-state index contributed by atoms with van der Waals surface area (Å²) in [6.45, 7) is 6.70. The molecule has 0 radical (unpaired) electrons. The second kappa shape index (κ2) is 9.03. The van der Waals surface area contributed by atoms with Crippen LogP contribution < -0.4 is 0 Å². The van der Waals surface area contributed by atoms with E-state index in [9.17, 15) is 0 Å². The second-order valence-electron chi connectivity index (χ2n) is 6.30. The molecule has 1 aliphatic rings. The first-order valence-corrected chi connectivity index (χ1v) is 9.09. The summed E-state index contributed by atoms with van der Waals surface area (Å²) in [5.74, 6) is 0.